The quantitative estimate of drug-likeness (QED) is 0.0261. The van der Waals surface area contributed by atoms with Crippen LogP contribution in [0.4, 0.5) is 0 Å². The number of unbranched alkanes of at least 4 members (excludes halogenated alkanes) is 50. The van der Waals surface area contributed by atoms with Gasteiger partial charge in [0, 0.05) is 19.3 Å². The fourth-order valence-corrected chi connectivity index (χ4v) is 11.0. The van der Waals surface area contributed by atoms with Crippen molar-refractivity contribution in [3.8, 4) is 0 Å². The molecule has 0 heterocycles. The molecule has 1 unspecified atom stereocenters. The molecule has 0 radical (unpaired) electrons. The molecule has 0 spiro atoms. The zero-order chi connectivity index (χ0) is 57.8. The van der Waals surface area contributed by atoms with Gasteiger partial charge in [-0.3, -0.25) is 14.4 Å². The summed E-state index contributed by atoms with van der Waals surface area (Å²) in [6.45, 7) is 6.70. The van der Waals surface area contributed by atoms with Crippen LogP contribution in [0, 0.1) is 0 Å². The molecule has 0 aliphatic heterocycles. The second-order valence-corrected chi connectivity index (χ2v) is 24.5. The van der Waals surface area contributed by atoms with Crippen molar-refractivity contribution in [1.29, 1.82) is 0 Å². The highest BCUT2D eigenvalue weighted by molar-refractivity contribution is 5.71. The first-order valence-corrected chi connectivity index (χ1v) is 36.0. The Bertz CT molecular complexity index is 1340. The molecule has 0 fully saturated rings. The second kappa shape index (κ2) is 69.1. The third-order valence-electron chi connectivity index (χ3n) is 16.4. The van der Waals surface area contributed by atoms with E-state index in [1.807, 2.05) is 0 Å². The summed E-state index contributed by atoms with van der Waals surface area (Å²) in [4.78, 5) is 38.4. The minimum Gasteiger partial charge on any atom is -0.462 e. The molecule has 0 amide bonds. The SMILES string of the molecule is CCCCCCC/C=C\C/C=C\C/C=C\CCCCCCCCCCC(=O)OC(COC(=O)CCCCCCCCCCCCCCC)COC(=O)CCCCCCCCCCCCCCCCCCCCCCCCCCCC. The van der Waals surface area contributed by atoms with Crippen molar-refractivity contribution in [1.82, 2.24) is 0 Å². The highest BCUT2D eigenvalue weighted by atomic mass is 16.6. The van der Waals surface area contributed by atoms with Crippen LogP contribution in [0.15, 0.2) is 36.5 Å². The summed E-state index contributed by atoms with van der Waals surface area (Å²) in [5.41, 5.74) is 0. The van der Waals surface area contributed by atoms with Gasteiger partial charge in [-0.05, 0) is 57.8 Å². The van der Waals surface area contributed by atoms with E-state index in [-0.39, 0.29) is 31.1 Å². The number of hydrogen-bond acceptors (Lipinski definition) is 6. The van der Waals surface area contributed by atoms with Gasteiger partial charge in [0.25, 0.3) is 0 Å². The monoisotopic (exact) mass is 1120 g/mol. The third kappa shape index (κ3) is 66.4. The molecule has 470 valence electrons. The Morgan fingerprint density at radius 3 is 0.700 bits per heavy atom. The normalized spacial score (nSPS) is 12.2. The topological polar surface area (TPSA) is 78.9 Å². The van der Waals surface area contributed by atoms with E-state index >= 15 is 0 Å². The van der Waals surface area contributed by atoms with Crippen LogP contribution in [-0.4, -0.2) is 37.2 Å². The van der Waals surface area contributed by atoms with Crippen LogP contribution in [0.5, 0.6) is 0 Å². The smallest absolute Gasteiger partial charge is 0.306 e. The summed E-state index contributed by atoms with van der Waals surface area (Å²) in [5, 5.41) is 0. The summed E-state index contributed by atoms with van der Waals surface area (Å²) in [6.07, 6.45) is 86.1. The van der Waals surface area contributed by atoms with Crippen LogP contribution in [-0.2, 0) is 28.6 Å². The third-order valence-corrected chi connectivity index (χ3v) is 16.4. The lowest BCUT2D eigenvalue weighted by Crippen LogP contribution is -2.30. The lowest BCUT2D eigenvalue weighted by molar-refractivity contribution is -0.167. The summed E-state index contributed by atoms with van der Waals surface area (Å²) in [7, 11) is 0. The maximum Gasteiger partial charge on any atom is 0.306 e. The van der Waals surface area contributed by atoms with Gasteiger partial charge in [0.1, 0.15) is 13.2 Å². The highest BCUT2D eigenvalue weighted by Crippen LogP contribution is 2.19. The number of hydrogen-bond donors (Lipinski definition) is 0. The molecule has 0 saturated carbocycles. The largest absolute Gasteiger partial charge is 0.462 e. The first kappa shape index (κ1) is 77.6. The van der Waals surface area contributed by atoms with Crippen LogP contribution in [0.3, 0.4) is 0 Å². The number of ether oxygens (including phenoxy) is 3. The average molecular weight is 1120 g/mol. The number of esters is 3. The van der Waals surface area contributed by atoms with E-state index in [1.54, 1.807) is 0 Å². The van der Waals surface area contributed by atoms with Crippen molar-refractivity contribution in [3.05, 3.63) is 36.5 Å². The van der Waals surface area contributed by atoms with Gasteiger partial charge in [0.15, 0.2) is 6.10 Å². The van der Waals surface area contributed by atoms with Crippen molar-refractivity contribution in [3.63, 3.8) is 0 Å². The summed E-state index contributed by atoms with van der Waals surface area (Å²) in [5.74, 6) is -0.846. The first-order valence-electron chi connectivity index (χ1n) is 36.0. The molecule has 6 heteroatoms. The number of carbonyl (C=O) groups excluding carboxylic acids is 3. The number of allylic oxidation sites excluding steroid dienone is 6. The molecular formula is C74H138O6. The number of carbonyl (C=O) groups is 3. The molecule has 6 nitrogen and oxygen atoms in total. The predicted octanol–water partition coefficient (Wildman–Crippen LogP) is 24.7. The van der Waals surface area contributed by atoms with E-state index < -0.39 is 6.10 Å². The van der Waals surface area contributed by atoms with Gasteiger partial charge in [-0.2, -0.15) is 0 Å². The van der Waals surface area contributed by atoms with E-state index in [0.717, 1.165) is 77.0 Å². The molecule has 80 heavy (non-hydrogen) atoms. The van der Waals surface area contributed by atoms with Crippen molar-refractivity contribution >= 4 is 17.9 Å². The molecule has 0 aliphatic rings. The Morgan fingerprint density at radius 2 is 0.450 bits per heavy atom. The summed E-state index contributed by atoms with van der Waals surface area (Å²) < 4.78 is 17.0. The van der Waals surface area contributed by atoms with Crippen LogP contribution in [0.25, 0.3) is 0 Å². The van der Waals surface area contributed by atoms with Gasteiger partial charge in [-0.15, -0.1) is 0 Å². The van der Waals surface area contributed by atoms with Gasteiger partial charge in [-0.25, -0.2) is 0 Å². The maximum absolute atomic E-state index is 13.0. The molecular weight excluding hydrogens is 985 g/mol. The Labute approximate surface area is 499 Å². The standard InChI is InChI=1S/C74H138O6/c1-4-7-10-13-16-19-22-25-27-29-31-33-35-36-37-39-40-42-44-46-49-52-55-58-61-64-67-73(76)79-70-71(69-78-72(75)66-63-60-57-54-51-48-24-21-18-15-12-9-6-3)80-74(77)68-65-62-59-56-53-50-47-45-43-41-38-34-32-30-28-26-23-20-17-14-11-8-5-2/h23,26,30,32,38,41,71H,4-22,24-25,27-29,31,33-37,39-40,42-70H2,1-3H3/b26-23-,32-30-,41-38-. The fourth-order valence-electron chi connectivity index (χ4n) is 11.0. The maximum atomic E-state index is 13.0. The lowest BCUT2D eigenvalue weighted by atomic mass is 10.0. The molecule has 0 saturated heterocycles. The van der Waals surface area contributed by atoms with Crippen molar-refractivity contribution < 1.29 is 28.6 Å². The van der Waals surface area contributed by atoms with Gasteiger partial charge in [-0.1, -0.05) is 359 Å². The average Bonchev–Trinajstić information content (AvgIpc) is 3.46. The summed E-state index contributed by atoms with van der Waals surface area (Å²) in [6, 6.07) is 0. The van der Waals surface area contributed by atoms with Crippen LogP contribution < -0.4 is 0 Å². The Morgan fingerprint density at radius 1 is 0.250 bits per heavy atom. The van der Waals surface area contributed by atoms with E-state index in [0.29, 0.717) is 19.3 Å². The van der Waals surface area contributed by atoms with Crippen LogP contribution in [0.2, 0.25) is 0 Å². The van der Waals surface area contributed by atoms with Gasteiger partial charge in [0.05, 0.1) is 0 Å². The minimum atomic E-state index is -0.774. The second-order valence-electron chi connectivity index (χ2n) is 24.5. The van der Waals surface area contributed by atoms with Crippen molar-refractivity contribution in [2.24, 2.45) is 0 Å². The molecule has 0 aromatic rings. The Balaban J connectivity index is 4.23. The molecule has 0 aromatic heterocycles. The molecule has 0 aromatic carbocycles. The van der Waals surface area contributed by atoms with E-state index in [4.69, 9.17) is 14.2 Å². The van der Waals surface area contributed by atoms with Crippen molar-refractivity contribution in [2.75, 3.05) is 13.2 Å². The van der Waals surface area contributed by atoms with Crippen LogP contribution >= 0.6 is 0 Å². The zero-order valence-corrected chi connectivity index (χ0v) is 54.1. The zero-order valence-electron chi connectivity index (χ0n) is 54.1. The van der Waals surface area contributed by atoms with Crippen LogP contribution in [0.1, 0.15) is 400 Å². The first-order chi connectivity index (χ1) is 39.5. The predicted molar refractivity (Wildman–Crippen MR) is 349 cm³/mol. The van der Waals surface area contributed by atoms with E-state index in [2.05, 4.69) is 57.2 Å². The van der Waals surface area contributed by atoms with Gasteiger partial charge < -0.3 is 14.2 Å². The van der Waals surface area contributed by atoms with Crippen molar-refractivity contribution in [2.45, 2.75) is 406 Å². The highest BCUT2D eigenvalue weighted by Gasteiger charge is 2.19. The summed E-state index contributed by atoms with van der Waals surface area (Å²) >= 11 is 0. The lowest BCUT2D eigenvalue weighted by Gasteiger charge is -2.18. The number of rotatable bonds is 67. The van der Waals surface area contributed by atoms with Gasteiger partial charge >= 0.3 is 17.9 Å². The molecule has 0 aliphatic carbocycles. The van der Waals surface area contributed by atoms with E-state index in [9.17, 15) is 14.4 Å². The minimum absolute atomic E-state index is 0.0693. The fraction of sp³-hybridized carbons (Fsp3) is 0.878. The Kier molecular flexibility index (Phi) is 67.1. The molecule has 0 N–H and O–H groups in total. The Hall–Kier alpha value is -2.37. The molecule has 0 rings (SSSR count). The molecule has 1 atom stereocenters. The van der Waals surface area contributed by atoms with Gasteiger partial charge in [0.2, 0.25) is 0 Å². The molecule has 0 bridgehead atoms. The van der Waals surface area contributed by atoms with E-state index in [1.165, 1.54) is 283 Å².